The second kappa shape index (κ2) is 14.3. The van der Waals surface area contributed by atoms with Gasteiger partial charge in [-0.25, -0.2) is 4.39 Å². The Labute approximate surface area is 211 Å². The number of hydrogen-bond donors (Lipinski definition) is 1. The van der Waals surface area contributed by atoms with Crippen molar-refractivity contribution in [1.82, 2.24) is 10.2 Å². The highest BCUT2D eigenvalue weighted by molar-refractivity contribution is 7.99. The molecule has 2 amide bonds. The van der Waals surface area contributed by atoms with Crippen LogP contribution in [0.2, 0.25) is 0 Å². The van der Waals surface area contributed by atoms with Crippen LogP contribution in [0.25, 0.3) is 0 Å². The molecule has 1 atom stereocenters. The van der Waals surface area contributed by atoms with Crippen LogP contribution in [0.4, 0.5) is 4.39 Å². The summed E-state index contributed by atoms with van der Waals surface area (Å²) >= 11 is 1.47. The van der Waals surface area contributed by atoms with E-state index in [9.17, 15) is 14.0 Å². The molecule has 1 unspecified atom stereocenters. The minimum atomic E-state index is -0.617. The van der Waals surface area contributed by atoms with Gasteiger partial charge in [-0.05, 0) is 35.2 Å². The molecule has 0 bridgehead atoms. The topological polar surface area (TPSA) is 49.4 Å². The number of carbonyl (C=O) groups is 2. The zero-order chi connectivity index (χ0) is 24.9. The van der Waals surface area contributed by atoms with Crippen LogP contribution in [-0.2, 0) is 28.3 Å². The van der Waals surface area contributed by atoms with Crippen LogP contribution in [0.5, 0.6) is 0 Å². The van der Waals surface area contributed by atoms with Crippen molar-refractivity contribution in [2.45, 2.75) is 44.5 Å². The van der Waals surface area contributed by atoms with E-state index < -0.39 is 6.04 Å². The molecular weight excluding hydrogens is 459 g/mol. The van der Waals surface area contributed by atoms with E-state index in [1.165, 1.54) is 23.9 Å². The maximum atomic E-state index is 13.5. The van der Waals surface area contributed by atoms with Gasteiger partial charge in [0.15, 0.2) is 0 Å². The molecule has 0 spiro atoms. The first-order chi connectivity index (χ1) is 17.1. The van der Waals surface area contributed by atoms with Crippen LogP contribution >= 0.6 is 11.8 Å². The van der Waals surface area contributed by atoms with Crippen LogP contribution in [0.3, 0.4) is 0 Å². The van der Waals surface area contributed by atoms with E-state index in [4.69, 9.17) is 0 Å². The van der Waals surface area contributed by atoms with E-state index in [1.807, 2.05) is 60.7 Å². The first-order valence-electron chi connectivity index (χ1n) is 12.0. The predicted molar refractivity (Wildman–Crippen MR) is 141 cm³/mol. The number of nitrogens with one attached hydrogen (secondary N) is 1. The van der Waals surface area contributed by atoms with Gasteiger partial charge in [0.25, 0.3) is 0 Å². The molecule has 184 valence electrons. The summed E-state index contributed by atoms with van der Waals surface area (Å²) in [6.07, 6.45) is 2.32. The van der Waals surface area contributed by atoms with E-state index in [0.29, 0.717) is 25.3 Å². The number of benzene rings is 3. The van der Waals surface area contributed by atoms with Crippen molar-refractivity contribution in [3.05, 3.63) is 107 Å². The number of halogens is 1. The molecule has 0 aromatic heterocycles. The molecule has 0 aliphatic heterocycles. The molecule has 0 saturated heterocycles. The van der Waals surface area contributed by atoms with Gasteiger partial charge >= 0.3 is 0 Å². The largest absolute Gasteiger partial charge is 0.354 e. The van der Waals surface area contributed by atoms with Crippen LogP contribution in [-0.4, -0.2) is 35.1 Å². The van der Waals surface area contributed by atoms with Crippen molar-refractivity contribution < 1.29 is 14.0 Å². The fourth-order valence-electron chi connectivity index (χ4n) is 3.76. The Morgan fingerprint density at radius 2 is 1.51 bits per heavy atom. The number of unbranched alkanes of at least 4 members (excludes halogenated alkanes) is 1. The van der Waals surface area contributed by atoms with E-state index in [-0.39, 0.29) is 23.4 Å². The average Bonchev–Trinajstić information content (AvgIpc) is 2.88. The lowest BCUT2D eigenvalue weighted by molar-refractivity contribution is -0.139. The van der Waals surface area contributed by atoms with Crippen LogP contribution < -0.4 is 5.32 Å². The Hall–Kier alpha value is -3.12. The summed E-state index contributed by atoms with van der Waals surface area (Å²) < 4.78 is 13.2. The van der Waals surface area contributed by atoms with E-state index >= 15 is 0 Å². The lowest BCUT2D eigenvalue weighted by atomic mass is 10.0. The minimum Gasteiger partial charge on any atom is -0.354 e. The van der Waals surface area contributed by atoms with E-state index in [0.717, 1.165) is 29.5 Å². The normalized spacial score (nSPS) is 11.6. The molecule has 3 rings (SSSR count). The highest BCUT2D eigenvalue weighted by Crippen LogP contribution is 2.19. The lowest BCUT2D eigenvalue weighted by Crippen LogP contribution is -2.51. The molecule has 0 saturated carbocycles. The number of thioether (sulfide) groups is 1. The van der Waals surface area contributed by atoms with Crippen LogP contribution in [0.1, 0.15) is 36.5 Å². The highest BCUT2D eigenvalue weighted by atomic mass is 32.2. The van der Waals surface area contributed by atoms with Crippen LogP contribution in [0, 0.1) is 5.82 Å². The highest BCUT2D eigenvalue weighted by Gasteiger charge is 2.30. The lowest BCUT2D eigenvalue weighted by Gasteiger charge is -2.31. The fraction of sp³-hybridized carbons (Fsp3) is 0.310. The number of rotatable bonds is 13. The Morgan fingerprint density at radius 3 is 2.14 bits per heavy atom. The first-order valence-corrected chi connectivity index (χ1v) is 13.2. The molecule has 0 radical (unpaired) electrons. The number of nitrogens with zero attached hydrogens (tertiary/aromatic N) is 1. The van der Waals surface area contributed by atoms with Crippen molar-refractivity contribution in [2.24, 2.45) is 0 Å². The average molecular weight is 493 g/mol. The quantitative estimate of drug-likeness (QED) is 0.315. The second-order valence-corrected chi connectivity index (χ2v) is 9.46. The standard InChI is InChI=1S/C29H33FN2O2S/c1-2-3-18-31-29(34)27(19-23-10-6-4-7-11-23)32(20-24-12-8-5-9-13-24)28(33)22-35-21-25-14-16-26(30)17-15-25/h4-17,27H,2-3,18-22H2,1H3,(H,31,34). The van der Waals surface area contributed by atoms with Gasteiger partial charge in [-0.15, -0.1) is 11.8 Å². The Kier molecular flexibility index (Phi) is 10.8. The third kappa shape index (κ3) is 8.87. The minimum absolute atomic E-state index is 0.0902. The maximum Gasteiger partial charge on any atom is 0.243 e. The summed E-state index contributed by atoms with van der Waals surface area (Å²) in [6, 6.07) is 25.3. The number of amides is 2. The van der Waals surface area contributed by atoms with Gasteiger partial charge in [0.05, 0.1) is 5.75 Å². The smallest absolute Gasteiger partial charge is 0.243 e. The maximum absolute atomic E-state index is 13.5. The second-order valence-electron chi connectivity index (χ2n) is 8.48. The monoisotopic (exact) mass is 492 g/mol. The molecule has 0 aliphatic carbocycles. The number of hydrogen-bond acceptors (Lipinski definition) is 3. The van der Waals surface area contributed by atoms with Gasteiger partial charge in [-0.3, -0.25) is 9.59 Å². The number of carbonyl (C=O) groups excluding carboxylic acids is 2. The Morgan fingerprint density at radius 1 is 0.886 bits per heavy atom. The molecule has 6 heteroatoms. The zero-order valence-electron chi connectivity index (χ0n) is 20.2. The van der Waals surface area contributed by atoms with E-state index in [2.05, 4.69) is 12.2 Å². The molecule has 0 aliphatic rings. The Bertz CT molecular complexity index is 1050. The van der Waals surface area contributed by atoms with Gasteiger partial charge in [0.2, 0.25) is 11.8 Å². The molecule has 0 fully saturated rings. The molecule has 35 heavy (non-hydrogen) atoms. The first kappa shape index (κ1) is 26.5. The molecular formula is C29H33FN2O2S. The third-order valence-corrected chi connectivity index (χ3v) is 6.69. The van der Waals surface area contributed by atoms with Crippen molar-refractivity contribution in [3.8, 4) is 0 Å². The van der Waals surface area contributed by atoms with Gasteiger partial charge in [0, 0.05) is 25.3 Å². The molecule has 4 nitrogen and oxygen atoms in total. The predicted octanol–water partition coefficient (Wildman–Crippen LogP) is 5.62. The zero-order valence-corrected chi connectivity index (χ0v) is 21.0. The summed E-state index contributed by atoms with van der Waals surface area (Å²) in [5.41, 5.74) is 2.94. The summed E-state index contributed by atoms with van der Waals surface area (Å²) in [5.74, 6) is 0.332. The van der Waals surface area contributed by atoms with Gasteiger partial charge in [-0.2, -0.15) is 0 Å². The van der Waals surface area contributed by atoms with Gasteiger partial charge < -0.3 is 10.2 Å². The molecule has 0 heterocycles. The summed E-state index contributed by atoms with van der Waals surface area (Å²) in [5, 5.41) is 3.04. The molecule has 3 aromatic carbocycles. The van der Waals surface area contributed by atoms with Gasteiger partial charge in [-0.1, -0.05) is 86.1 Å². The van der Waals surface area contributed by atoms with Crippen molar-refractivity contribution >= 4 is 23.6 Å². The molecule has 1 N–H and O–H groups in total. The van der Waals surface area contributed by atoms with Crippen molar-refractivity contribution in [1.29, 1.82) is 0 Å². The van der Waals surface area contributed by atoms with Gasteiger partial charge in [0.1, 0.15) is 11.9 Å². The van der Waals surface area contributed by atoms with Crippen LogP contribution in [0.15, 0.2) is 84.9 Å². The summed E-state index contributed by atoms with van der Waals surface area (Å²) in [6.45, 7) is 3.03. The summed E-state index contributed by atoms with van der Waals surface area (Å²) in [4.78, 5) is 28.6. The van der Waals surface area contributed by atoms with E-state index in [1.54, 1.807) is 17.0 Å². The third-order valence-electron chi connectivity index (χ3n) is 5.70. The van der Waals surface area contributed by atoms with Crippen molar-refractivity contribution in [2.75, 3.05) is 12.3 Å². The SMILES string of the molecule is CCCCNC(=O)C(Cc1ccccc1)N(Cc1ccccc1)C(=O)CSCc1ccc(F)cc1. The van der Waals surface area contributed by atoms with Crippen molar-refractivity contribution in [3.63, 3.8) is 0 Å². The fourth-order valence-corrected chi connectivity index (χ4v) is 4.63. The summed E-state index contributed by atoms with van der Waals surface area (Å²) in [7, 11) is 0. The molecule has 3 aromatic rings. The Balaban J connectivity index is 1.79.